The van der Waals surface area contributed by atoms with Crippen molar-refractivity contribution >= 4 is 11.6 Å². The quantitative estimate of drug-likeness (QED) is 0.878. The Kier molecular flexibility index (Phi) is 2.31. The molecule has 0 bridgehead atoms. The minimum absolute atomic E-state index is 0.237. The summed E-state index contributed by atoms with van der Waals surface area (Å²) >= 11 is 0. The summed E-state index contributed by atoms with van der Waals surface area (Å²) in [6, 6.07) is 4.68. The summed E-state index contributed by atoms with van der Waals surface area (Å²) in [5.41, 5.74) is 11.7. The van der Waals surface area contributed by atoms with Crippen molar-refractivity contribution in [3.05, 3.63) is 28.8 Å². The van der Waals surface area contributed by atoms with Crippen molar-refractivity contribution in [1.82, 2.24) is 0 Å². The number of hydrogen-bond donors (Lipinski definition) is 1. The first-order valence-electron chi connectivity index (χ1n) is 7.40. The number of rotatable bonds is 2. The van der Waals surface area contributed by atoms with Gasteiger partial charge in [-0.1, -0.05) is 18.6 Å². The van der Waals surface area contributed by atoms with E-state index in [2.05, 4.69) is 12.1 Å². The van der Waals surface area contributed by atoms with Crippen LogP contribution in [0.15, 0.2) is 12.1 Å². The number of carbonyl (C=O) groups excluding carboxylic acids is 1. The number of benzene rings is 1. The SMILES string of the molecule is NCC1(c2cc3c4c(c2)CCN4C(=O)CC3)CCC1. The van der Waals surface area contributed by atoms with E-state index in [9.17, 15) is 4.79 Å². The van der Waals surface area contributed by atoms with Crippen molar-refractivity contribution in [1.29, 1.82) is 0 Å². The number of hydrogen-bond acceptors (Lipinski definition) is 2. The highest BCUT2D eigenvalue weighted by atomic mass is 16.2. The number of amides is 1. The molecule has 0 atom stereocenters. The van der Waals surface area contributed by atoms with Gasteiger partial charge in [0, 0.05) is 24.9 Å². The molecule has 1 aromatic rings. The summed E-state index contributed by atoms with van der Waals surface area (Å²) in [6.45, 7) is 1.63. The Morgan fingerprint density at radius 3 is 2.53 bits per heavy atom. The maximum absolute atomic E-state index is 11.9. The monoisotopic (exact) mass is 256 g/mol. The van der Waals surface area contributed by atoms with Crippen LogP contribution in [-0.4, -0.2) is 19.0 Å². The van der Waals surface area contributed by atoms with Crippen LogP contribution in [0.25, 0.3) is 0 Å². The average molecular weight is 256 g/mol. The van der Waals surface area contributed by atoms with Gasteiger partial charge in [0.25, 0.3) is 0 Å². The van der Waals surface area contributed by atoms with Crippen molar-refractivity contribution in [3.8, 4) is 0 Å². The van der Waals surface area contributed by atoms with E-state index < -0.39 is 0 Å². The lowest BCUT2D eigenvalue weighted by Gasteiger charge is -2.42. The van der Waals surface area contributed by atoms with E-state index in [0.717, 1.165) is 25.9 Å². The lowest BCUT2D eigenvalue weighted by atomic mass is 9.64. The highest BCUT2D eigenvalue weighted by Gasteiger charge is 2.40. The summed E-state index contributed by atoms with van der Waals surface area (Å²) in [5, 5.41) is 0. The fraction of sp³-hybridized carbons (Fsp3) is 0.562. The third-order valence-electron chi connectivity index (χ3n) is 5.37. The molecule has 0 unspecified atom stereocenters. The molecule has 0 radical (unpaired) electrons. The fourth-order valence-electron chi connectivity index (χ4n) is 3.98. The first kappa shape index (κ1) is 11.5. The Morgan fingerprint density at radius 1 is 1.16 bits per heavy atom. The molecular formula is C16H20N2O. The number of carbonyl (C=O) groups is 1. The molecule has 1 aliphatic carbocycles. The van der Waals surface area contributed by atoms with Gasteiger partial charge in [-0.2, -0.15) is 0 Å². The second-order valence-electron chi connectivity index (χ2n) is 6.28. The molecule has 2 aliphatic heterocycles. The highest BCUT2D eigenvalue weighted by molar-refractivity contribution is 5.98. The third-order valence-corrected chi connectivity index (χ3v) is 5.37. The Morgan fingerprint density at radius 2 is 1.89 bits per heavy atom. The van der Waals surface area contributed by atoms with Crippen LogP contribution in [0.3, 0.4) is 0 Å². The van der Waals surface area contributed by atoms with Gasteiger partial charge in [0.1, 0.15) is 0 Å². The maximum Gasteiger partial charge on any atom is 0.227 e. The molecule has 3 aliphatic rings. The average Bonchev–Trinajstić information content (AvgIpc) is 2.79. The van der Waals surface area contributed by atoms with Gasteiger partial charge in [-0.25, -0.2) is 0 Å². The molecule has 1 amide bonds. The van der Waals surface area contributed by atoms with Gasteiger partial charge in [0.15, 0.2) is 0 Å². The van der Waals surface area contributed by atoms with Crippen LogP contribution in [0.2, 0.25) is 0 Å². The van der Waals surface area contributed by atoms with Crippen LogP contribution in [0.4, 0.5) is 5.69 Å². The molecule has 3 heteroatoms. The molecule has 2 heterocycles. The summed E-state index contributed by atoms with van der Waals surface area (Å²) < 4.78 is 0. The predicted octanol–water partition coefficient (Wildman–Crippen LogP) is 1.90. The van der Waals surface area contributed by atoms with E-state index in [1.54, 1.807) is 0 Å². The molecule has 1 aromatic carbocycles. The van der Waals surface area contributed by atoms with Gasteiger partial charge < -0.3 is 10.6 Å². The molecule has 3 nitrogen and oxygen atoms in total. The van der Waals surface area contributed by atoms with E-state index in [0.29, 0.717) is 12.3 Å². The van der Waals surface area contributed by atoms with Crippen LogP contribution in [0.1, 0.15) is 42.4 Å². The minimum Gasteiger partial charge on any atom is -0.330 e. The van der Waals surface area contributed by atoms with Gasteiger partial charge in [0.2, 0.25) is 5.91 Å². The Labute approximate surface area is 113 Å². The molecule has 1 fully saturated rings. The van der Waals surface area contributed by atoms with Gasteiger partial charge in [-0.05, 0) is 42.4 Å². The van der Waals surface area contributed by atoms with Crippen LogP contribution in [-0.2, 0) is 23.1 Å². The second kappa shape index (κ2) is 3.83. The molecule has 4 rings (SSSR count). The molecular weight excluding hydrogens is 236 g/mol. The Balaban J connectivity index is 1.84. The van der Waals surface area contributed by atoms with Gasteiger partial charge in [-0.3, -0.25) is 4.79 Å². The normalized spacial score (nSPS) is 23.2. The third kappa shape index (κ3) is 1.45. The smallest absolute Gasteiger partial charge is 0.227 e. The highest BCUT2D eigenvalue weighted by Crippen LogP contribution is 2.46. The van der Waals surface area contributed by atoms with E-state index in [4.69, 9.17) is 5.73 Å². The maximum atomic E-state index is 11.9. The van der Waals surface area contributed by atoms with Crippen molar-refractivity contribution in [2.24, 2.45) is 5.73 Å². The lowest BCUT2D eigenvalue weighted by Crippen LogP contribution is -2.41. The van der Waals surface area contributed by atoms with Crippen molar-refractivity contribution in [2.75, 3.05) is 18.0 Å². The summed E-state index contributed by atoms with van der Waals surface area (Å²) in [6.07, 6.45) is 6.35. The zero-order valence-corrected chi connectivity index (χ0v) is 11.2. The van der Waals surface area contributed by atoms with Crippen molar-refractivity contribution < 1.29 is 4.79 Å². The van der Waals surface area contributed by atoms with Crippen molar-refractivity contribution in [2.45, 2.75) is 43.9 Å². The Bertz CT molecular complexity index is 555. The zero-order chi connectivity index (χ0) is 13.0. The first-order valence-corrected chi connectivity index (χ1v) is 7.40. The lowest BCUT2D eigenvalue weighted by molar-refractivity contribution is -0.118. The van der Waals surface area contributed by atoms with Crippen LogP contribution >= 0.6 is 0 Å². The number of nitrogens with zero attached hydrogens (tertiary/aromatic N) is 1. The number of aryl methyl sites for hydroxylation is 1. The zero-order valence-electron chi connectivity index (χ0n) is 11.2. The molecule has 0 spiro atoms. The van der Waals surface area contributed by atoms with Crippen molar-refractivity contribution in [3.63, 3.8) is 0 Å². The van der Waals surface area contributed by atoms with E-state index in [1.807, 2.05) is 4.90 Å². The number of anilines is 1. The molecule has 1 saturated carbocycles. The topological polar surface area (TPSA) is 46.3 Å². The van der Waals surface area contributed by atoms with Crippen LogP contribution < -0.4 is 10.6 Å². The van der Waals surface area contributed by atoms with E-state index in [-0.39, 0.29) is 5.41 Å². The summed E-state index contributed by atoms with van der Waals surface area (Å²) in [7, 11) is 0. The summed E-state index contributed by atoms with van der Waals surface area (Å²) in [5.74, 6) is 0.302. The fourth-order valence-corrected chi connectivity index (χ4v) is 3.98. The predicted molar refractivity (Wildman–Crippen MR) is 75.4 cm³/mol. The largest absolute Gasteiger partial charge is 0.330 e. The Hall–Kier alpha value is -1.35. The second-order valence-corrected chi connectivity index (χ2v) is 6.28. The standard InChI is InChI=1S/C16H20N2O/c17-10-16(5-1-6-16)13-8-11-2-3-14(19)18-7-4-12(9-13)15(11)18/h8-9H,1-7,10,17H2. The van der Waals surface area contributed by atoms with Gasteiger partial charge >= 0.3 is 0 Å². The van der Waals surface area contributed by atoms with E-state index >= 15 is 0 Å². The number of nitrogens with two attached hydrogens (primary N) is 1. The van der Waals surface area contributed by atoms with Gasteiger partial charge in [0.05, 0.1) is 5.69 Å². The van der Waals surface area contributed by atoms with E-state index in [1.165, 1.54) is 41.6 Å². The molecule has 0 aromatic heterocycles. The molecule has 100 valence electrons. The molecule has 0 saturated heterocycles. The minimum atomic E-state index is 0.237. The van der Waals surface area contributed by atoms with Gasteiger partial charge in [-0.15, -0.1) is 0 Å². The summed E-state index contributed by atoms with van der Waals surface area (Å²) in [4.78, 5) is 13.9. The van der Waals surface area contributed by atoms with Crippen LogP contribution in [0.5, 0.6) is 0 Å². The molecule has 19 heavy (non-hydrogen) atoms. The van der Waals surface area contributed by atoms with Crippen LogP contribution in [0, 0.1) is 0 Å². The molecule has 2 N–H and O–H groups in total. The first-order chi connectivity index (χ1) is 9.23.